The van der Waals surface area contributed by atoms with Gasteiger partial charge in [-0.05, 0) is 53.4 Å². The summed E-state index contributed by atoms with van der Waals surface area (Å²) in [6.45, 7) is 3.01. The van der Waals surface area contributed by atoms with Crippen LogP contribution >= 0.6 is 11.3 Å². The van der Waals surface area contributed by atoms with Crippen molar-refractivity contribution in [1.82, 2.24) is 10.2 Å². The molecular formula is C30H27N3O6S. The second-order valence-electron chi connectivity index (χ2n) is 9.46. The van der Waals surface area contributed by atoms with Gasteiger partial charge in [-0.1, -0.05) is 42.5 Å². The average molecular weight is 558 g/mol. The van der Waals surface area contributed by atoms with Crippen LogP contribution in [0.25, 0.3) is 10.8 Å². The molecule has 3 heterocycles. The molecule has 1 aromatic heterocycles. The van der Waals surface area contributed by atoms with Crippen LogP contribution in [0.2, 0.25) is 0 Å². The number of carbonyl (C=O) groups is 3. The minimum absolute atomic E-state index is 0.175. The largest absolute Gasteiger partial charge is 0.493 e. The number of amides is 2. The highest BCUT2D eigenvalue weighted by atomic mass is 32.1. The number of benzene rings is 3. The van der Waals surface area contributed by atoms with Crippen molar-refractivity contribution >= 4 is 45.1 Å². The first-order valence-corrected chi connectivity index (χ1v) is 13.8. The molecule has 0 saturated heterocycles. The van der Waals surface area contributed by atoms with Crippen LogP contribution in [-0.4, -0.2) is 43.1 Å². The summed E-state index contributed by atoms with van der Waals surface area (Å²) in [4.78, 5) is 41.1. The lowest BCUT2D eigenvalue weighted by molar-refractivity contribution is 0.0731. The molecule has 4 aromatic rings. The van der Waals surface area contributed by atoms with Crippen LogP contribution in [0.15, 0.2) is 60.7 Å². The minimum atomic E-state index is -0.516. The van der Waals surface area contributed by atoms with Gasteiger partial charge in [-0.15, -0.1) is 11.3 Å². The van der Waals surface area contributed by atoms with E-state index in [4.69, 9.17) is 14.2 Å². The number of esters is 1. The van der Waals surface area contributed by atoms with Gasteiger partial charge in [0, 0.05) is 11.4 Å². The highest BCUT2D eigenvalue weighted by molar-refractivity contribution is 7.16. The monoisotopic (exact) mass is 557 g/mol. The third-order valence-electron chi connectivity index (χ3n) is 7.09. The second-order valence-corrected chi connectivity index (χ2v) is 10.6. The predicted molar refractivity (Wildman–Crippen MR) is 151 cm³/mol. The molecule has 0 spiro atoms. The number of thiophene rings is 1. The molecule has 2 aliphatic rings. The molecule has 10 heteroatoms. The molecule has 2 amide bonds. The number of hydrogen-bond donors (Lipinski definition) is 2. The first-order chi connectivity index (χ1) is 19.5. The molecule has 9 nitrogen and oxygen atoms in total. The number of rotatable bonds is 5. The molecule has 6 rings (SSSR count). The van der Waals surface area contributed by atoms with E-state index >= 15 is 0 Å². The second kappa shape index (κ2) is 10.5. The predicted octanol–water partition coefficient (Wildman–Crippen LogP) is 5.50. The van der Waals surface area contributed by atoms with Crippen molar-refractivity contribution in [1.29, 1.82) is 0 Å². The first-order valence-electron chi connectivity index (χ1n) is 13.0. The standard InChI is InChI=1S/C30H27N3O6S/c1-3-38-30(36)33-14-13-21-24(16-33)40-28-25(21)27(34)31-26(32-28)18-11-12-22(23(15-18)37-2)39-29(35)20-10-6-8-17-7-4-5-9-19(17)20/h4-12,15,26,32H,3,13-14,16H2,1-2H3,(H,31,34)/t26-/m1/s1. The summed E-state index contributed by atoms with van der Waals surface area (Å²) in [6.07, 6.45) is -0.272. The summed E-state index contributed by atoms with van der Waals surface area (Å²) >= 11 is 1.48. The van der Waals surface area contributed by atoms with Gasteiger partial charge in [-0.3, -0.25) is 4.79 Å². The zero-order chi connectivity index (χ0) is 27.8. The van der Waals surface area contributed by atoms with E-state index in [9.17, 15) is 14.4 Å². The normalized spacial score (nSPS) is 15.9. The molecule has 0 bridgehead atoms. The zero-order valence-corrected chi connectivity index (χ0v) is 22.8. The number of anilines is 1. The Morgan fingerprint density at radius 3 is 2.70 bits per heavy atom. The summed E-state index contributed by atoms with van der Waals surface area (Å²) in [5.41, 5.74) is 2.80. The van der Waals surface area contributed by atoms with Gasteiger partial charge in [0.25, 0.3) is 5.91 Å². The molecule has 1 atom stereocenters. The van der Waals surface area contributed by atoms with E-state index < -0.39 is 12.1 Å². The van der Waals surface area contributed by atoms with Gasteiger partial charge in [0.15, 0.2) is 11.5 Å². The van der Waals surface area contributed by atoms with Gasteiger partial charge >= 0.3 is 12.1 Å². The Morgan fingerprint density at radius 1 is 1.05 bits per heavy atom. The fraction of sp³-hybridized carbons (Fsp3) is 0.233. The maximum atomic E-state index is 13.2. The summed E-state index contributed by atoms with van der Waals surface area (Å²) in [6, 6.07) is 18.3. The Labute approximate surface area is 234 Å². The molecule has 0 saturated carbocycles. The summed E-state index contributed by atoms with van der Waals surface area (Å²) in [5.74, 6) is -0.0231. The molecule has 0 unspecified atom stereocenters. The maximum Gasteiger partial charge on any atom is 0.410 e. The maximum absolute atomic E-state index is 13.2. The summed E-state index contributed by atoms with van der Waals surface area (Å²) in [7, 11) is 1.50. The van der Waals surface area contributed by atoms with Crippen molar-refractivity contribution in [2.24, 2.45) is 0 Å². The number of nitrogens with one attached hydrogen (secondary N) is 2. The van der Waals surface area contributed by atoms with E-state index in [0.29, 0.717) is 43.0 Å². The number of nitrogens with zero attached hydrogens (tertiary/aromatic N) is 1. The SMILES string of the molecule is CCOC(=O)N1CCc2c(sc3c2C(=O)N[C@@H](c2ccc(OC(=O)c4cccc5ccccc45)c(OC)c2)N3)C1. The number of ether oxygens (including phenoxy) is 3. The molecule has 40 heavy (non-hydrogen) atoms. The molecule has 2 N–H and O–H groups in total. The number of carbonyl (C=O) groups excluding carboxylic acids is 3. The minimum Gasteiger partial charge on any atom is -0.493 e. The number of methoxy groups -OCH3 is 1. The van der Waals surface area contributed by atoms with Gasteiger partial charge < -0.3 is 29.7 Å². The molecule has 0 radical (unpaired) electrons. The number of fused-ring (bicyclic) bond motifs is 4. The van der Waals surface area contributed by atoms with Gasteiger partial charge in [0.05, 0.1) is 31.4 Å². The van der Waals surface area contributed by atoms with E-state index in [0.717, 1.165) is 31.8 Å². The topological polar surface area (TPSA) is 106 Å². The van der Waals surface area contributed by atoms with Crippen molar-refractivity contribution < 1.29 is 28.6 Å². The lowest BCUT2D eigenvalue weighted by Crippen LogP contribution is -2.39. The van der Waals surface area contributed by atoms with Crippen LogP contribution in [0.5, 0.6) is 11.5 Å². The zero-order valence-electron chi connectivity index (χ0n) is 22.0. The van der Waals surface area contributed by atoms with E-state index in [1.807, 2.05) is 36.4 Å². The average Bonchev–Trinajstić information content (AvgIpc) is 3.35. The third kappa shape index (κ3) is 4.60. The molecule has 0 fully saturated rings. The fourth-order valence-corrected chi connectivity index (χ4v) is 6.45. The lowest BCUT2D eigenvalue weighted by atomic mass is 10.0. The van der Waals surface area contributed by atoms with E-state index in [2.05, 4.69) is 10.6 Å². The smallest absolute Gasteiger partial charge is 0.410 e. The van der Waals surface area contributed by atoms with E-state index in [-0.39, 0.29) is 17.7 Å². The van der Waals surface area contributed by atoms with Crippen LogP contribution < -0.4 is 20.1 Å². The van der Waals surface area contributed by atoms with Crippen molar-refractivity contribution in [3.63, 3.8) is 0 Å². The summed E-state index contributed by atoms with van der Waals surface area (Å²) < 4.78 is 16.4. The Balaban J connectivity index is 1.22. The van der Waals surface area contributed by atoms with Crippen LogP contribution in [0.3, 0.4) is 0 Å². The molecular weight excluding hydrogens is 530 g/mol. The molecule has 204 valence electrons. The van der Waals surface area contributed by atoms with Gasteiger partial charge in [0.2, 0.25) is 0 Å². The van der Waals surface area contributed by atoms with Crippen LogP contribution in [0.4, 0.5) is 9.80 Å². The molecule has 0 aliphatic carbocycles. The summed E-state index contributed by atoms with van der Waals surface area (Å²) in [5, 5.41) is 8.95. The van der Waals surface area contributed by atoms with Crippen molar-refractivity contribution in [3.8, 4) is 11.5 Å². The first kappa shape index (κ1) is 25.7. The van der Waals surface area contributed by atoms with Crippen LogP contribution in [-0.2, 0) is 17.7 Å². The van der Waals surface area contributed by atoms with Crippen molar-refractivity contribution in [2.75, 3.05) is 25.6 Å². The van der Waals surface area contributed by atoms with Gasteiger partial charge in [0.1, 0.15) is 11.2 Å². The highest BCUT2D eigenvalue weighted by Crippen LogP contribution is 2.41. The van der Waals surface area contributed by atoms with Crippen LogP contribution in [0, 0.1) is 0 Å². The Morgan fingerprint density at radius 2 is 1.88 bits per heavy atom. The van der Waals surface area contributed by atoms with Crippen molar-refractivity contribution in [2.45, 2.75) is 26.1 Å². The highest BCUT2D eigenvalue weighted by Gasteiger charge is 2.35. The fourth-order valence-electron chi connectivity index (χ4n) is 5.16. The van der Waals surface area contributed by atoms with E-state index in [1.54, 1.807) is 36.1 Å². The Bertz CT molecular complexity index is 1640. The van der Waals surface area contributed by atoms with Gasteiger partial charge in [-0.2, -0.15) is 0 Å². The lowest BCUT2D eigenvalue weighted by Gasteiger charge is -2.28. The van der Waals surface area contributed by atoms with Gasteiger partial charge in [-0.25, -0.2) is 9.59 Å². The van der Waals surface area contributed by atoms with Crippen molar-refractivity contribution in [3.05, 3.63) is 87.8 Å². The third-order valence-corrected chi connectivity index (χ3v) is 8.24. The quantitative estimate of drug-likeness (QED) is 0.247. The van der Waals surface area contributed by atoms with E-state index in [1.165, 1.54) is 18.4 Å². The molecule has 3 aromatic carbocycles. The molecule has 2 aliphatic heterocycles. The Hall–Kier alpha value is -4.57. The number of hydrogen-bond acceptors (Lipinski definition) is 8. The Kier molecular flexibility index (Phi) is 6.77. The van der Waals surface area contributed by atoms with Crippen LogP contribution in [0.1, 0.15) is 49.8 Å².